The molecule has 0 spiro atoms. The Morgan fingerprint density at radius 3 is 2.27 bits per heavy atom. The van der Waals surface area contributed by atoms with Crippen molar-refractivity contribution in [2.24, 2.45) is 0 Å². The molecule has 1 N–H and O–H groups in total. The first kappa shape index (κ1) is 20.6. The number of Topliss-reactive ketones (excluding diaryl/α,β-unsaturated/α-hetero) is 1. The SMILES string of the molecule is CC(=O)c1ccc(S(=O)(=O)N2CCN(C(=O)c3cc4cc(Cl)ccc4[nH]3)CC2)cc1. The summed E-state index contributed by atoms with van der Waals surface area (Å²) in [5, 5.41) is 1.44. The number of hydrogen-bond donors (Lipinski definition) is 1. The van der Waals surface area contributed by atoms with Crippen molar-refractivity contribution in [1.29, 1.82) is 0 Å². The lowest BCUT2D eigenvalue weighted by Crippen LogP contribution is -2.50. The number of nitrogens with zero attached hydrogens (tertiary/aromatic N) is 2. The van der Waals surface area contributed by atoms with E-state index in [0.29, 0.717) is 29.4 Å². The van der Waals surface area contributed by atoms with Gasteiger partial charge in [-0.25, -0.2) is 8.42 Å². The van der Waals surface area contributed by atoms with Crippen molar-refractivity contribution in [3.8, 4) is 0 Å². The van der Waals surface area contributed by atoms with Crippen LogP contribution in [0, 0.1) is 0 Å². The van der Waals surface area contributed by atoms with Crippen LogP contribution in [0.2, 0.25) is 5.02 Å². The molecule has 0 aliphatic carbocycles. The van der Waals surface area contributed by atoms with Gasteiger partial charge in [0.2, 0.25) is 10.0 Å². The molecule has 0 bridgehead atoms. The summed E-state index contributed by atoms with van der Waals surface area (Å²) in [6.07, 6.45) is 0. The Morgan fingerprint density at radius 1 is 0.967 bits per heavy atom. The number of benzene rings is 2. The van der Waals surface area contributed by atoms with Gasteiger partial charge >= 0.3 is 0 Å². The van der Waals surface area contributed by atoms with Crippen LogP contribution in [0.15, 0.2) is 53.4 Å². The third-order valence-electron chi connectivity index (χ3n) is 5.24. The summed E-state index contributed by atoms with van der Waals surface area (Å²) in [7, 11) is -3.68. The minimum absolute atomic E-state index is 0.120. The Morgan fingerprint density at radius 2 is 1.63 bits per heavy atom. The second-order valence-electron chi connectivity index (χ2n) is 7.19. The largest absolute Gasteiger partial charge is 0.351 e. The molecule has 7 nitrogen and oxygen atoms in total. The Labute approximate surface area is 179 Å². The number of aromatic nitrogens is 1. The fourth-order valence-electron chi connectivity index (χ4n) is 3.53. The minimum atomic E-state index is -3.68. The van der Waals surface area contributed by atoms with Crippen LogP contribution >= 0.6 is 11.6 Å². The number of carbonyl (C=O) groups excluding carboxylic acids is 2. The summed E-state index contributed by atoms with van der Waals surface area (Å²) in [5.41, 5.74) is 1.73. The number of fused-ring (bicyclic) bond motifs is 1. The highest BCUT2D eigenvalue weighted by Gasteiger charge is 2.31. The van der Waals surface area contributed by atoms with E-state index >= 15 is 0 Å². The molecule has 2 heterocycles. The summed E-state index contributed by atoms with van der Waals surface area (Å²) in [4.78, 5) is 29.1. The lowest BCUT2D eigenvalue weighted by molar-refractivity contribution is 0.0693. The molecule has 0 unspecified atom stereocenters. The van der Waals surface area contributed by atoms with Crippen LogP contribution in [0.1, 0.15) is 27.8 Å². The van der Waals surface area contributed by atoms with Crippen molar-refractivity contribution < 1.29 is 18.0 Å². The lowest BCUT2D eigenvalue weighted by Gasteiger charge is -2.33. The molecular weight excluding hydrogens is 426 g/mol. The van der Waals surface area contributed by atoms with Gasteiger partial charge in [-0.1, -0.05) is 23.7 Å². The molecule has 0 saturated carbocycles. The van der Waals surface area contributed by atoms with Gasteiger partial charge in [-0.2, -0.15) is 4.31 Å². The zero-order valence-electron chi connectivity index (χ0n) is 16.3. The molecule has 1 fully saturated rings. The third kappa shape index (κ3) is 3.86. The summed E-state index contributed by atoms with van der Waals surface area (Å²) in [5.74, 6) is -0.296. The van der Waals surface area contributed by atoms with Gasteiger partial charge in [0.25, 0.3) is 5.91 Å². The van der Waals surface area contributed by atoms with Gasteiger partial charge in [0.15, 0.2) is 5.78 Å². The number of rotatable bonds is 4. The van der Waals surface area contributed by atoms with Crippen LogP contribution in [0.5, 0.6) is 0 Å². The quantitative estimate of drug-likeness (QED) is 0.624. The third-order valence-corrected chi connectivity index (χ3v) is 7.39. The van der Waals surface area contributed by atoms with Gasteiger partial charge in [0.1, 0.15) is 5.69 Å². The fourth-order valence-corrected chi connectivity index (χ4v) is 5.13. The second-order valence-corrected chi connectivity index (χ2v) is 9.57. The number of ketones is 1. The van der Waals surface area contributed by atoms with Crippen molar-refractivity contribution in [3.05, 3.63) is 64.8 Å². The Hall–Kier alpha value is -2.68. The van der Waals surface area contributed by atoms with Gasteiger partial charge in [0.05, 0.1) is 4.90 Å². The minimum Gasteiger partial charge on any atom is -0.351 e. The molecular formula is C21H20ClN3O4S. The van der Waals surface area contributed by atoms with Gasteiger partial charge in [-0.3, -0.25) is 9.59 Å². The van der Waals surface area contributed by atoms with E-state index in [9.17, 15) is 18.0 Å². The van der Waals surface area contributed by atoms with Gasteiger partial charge < -0.3 is 9.88 Å². The molecule has 1 amide bonds. The Bertz CT molecular complexity index is 1230. The van der Waals surface area contributed by atoms with Crippen LogP contribution in [0.3, 0.4) is 0 Å². The number of H-pyrrole nitrogens is 1. The average molecular weight is 446 g/mol. The van der Waals surface area contributed by atoms with E-state index in [0.717, 1.165) is 10.9 Å². The molecule has 1 aliphatic rings. The van der Waals surface area contributed by atoms with E-state index in [1.54, 1.807) is 23.1 Å². The Balaban J connectivity index is 1.45. The van der Waals surface area contributed by atoms with E-state index in [1.807, 2.05) is 6.07 Å². The molecule has 3 aromatic rings. The molecule has 156 valence electrons. The molecule has 1 aliphatic heterocycles. The summed E-state index contributed by atoms with van der Waals surface area (Å²) < 4.78 is 27.1. The predicted molar refractivity (Wildman–Crippen MR) is 114 cm³/mol. The number of piperazine rings is 1. The van der Waals surface area contributed by atoms with Crippen molar-refractivity contribution in [3.63, 3.8) is 0 Å². The molecule has 9 heteroatoms. The zero-order valence-corrected chi connectivity index (χ0v) is 17.8. The second kappa shape index (κ2) is 7.86. The van der Waals surface area contributed by atoms with Gasteiger partial charge in [0, 0.05) is 47.7 Å². The maximum atomic E-state index is 12.9. The predicted octanol–water partition coefficient (Wildman–Crippen LogP) is 3.17. The monoisotopic (exact) mass is 445 g/mol. The van der Waals surface area contributed by atoms with E-state index in [-0.39, 0.29) is 29.7 Å². The van der Waals surface area contributed by atoms with Gasteiger partial charge in [-0.15, -0.1) is 0 Å². The highest BCUT2D eigenvalue weighted by molar-refractivity contribution is 7.89. The first-order valence-electron chi connectivity index (χ1n) is 9.44. The molecule has 4 rings (SSSR count). The van der Waals surface area contributed by atoms with E-state index in [2.05, 4.69) is 4.98 Å². The number of amides is 1. The highest BCUT2D eigenvalue weighted by atomic mass is 35.5. The fraction of sp³-hybridized carbons (Fsp3) is 0.238. The van der Waals surface area contributed by atoms with E-state index in [4.69, 9.17) is 11.6 Å². The van der Waals surface area contributed by atoms with Crippen LogP contribution < -0.4 is 0 Å². The smallest absolute Gasteiger partial charge is 0.270 e. The van der Waals surface area contributed by atoms with Crippen LogP contribution in [0.25, 0.3) is 10.9 Å². The van der Waals surface area contributed by atoms with Crippen molar-refractivity contribution in [2.75, 3.05) is 26.2 Å². The number of sulfonamides is 1. The average Bonchev–Trinajstić information content (AvgIpc) is 3.16. The molecule has 2 aromatic carbocycles. The molecule has 1 saturated heterocycles. The van der Waals surface area contributed by atoms with Crippen molar-refractivity contribution in [1.82, 2.24) is 14.2 Å². The lowest BCUT2D eigenvalue weighted by atomic mass is 10.2. The first-order valence-corrected chi connectivity index (χ1v) is 11.3. The maximum absolute atomic E-state index is 12.9. The van der Waals surface area contributed by atoms with Gasteiger partial charge in [-0.05, 0) is 43.3 Å². The van der Waals surface area contributed by atoms with Crippen molar-refractivity contribution in [2.45, 2.75) is 11.8 Å². The maximum Gasteiger partial charge on any atom is 0.270 e. The van der Waals surface area contributed by atoms with Crippen molar-refractivity contribution >= 4 is 44.2 Å². The topological polar surface area (TPSA) is 90.6 Å². The zero-order chi connectivity index (χ0) is 21.5. The molecule has 1 aromatic heterocycles. The first-order chi connectivity index (χ1) is 14.3. The molecule has 30 heavy (non-hydrogen) atoms. The van der Waals surface area contributed by atoms with Crippen LogP contribution in [-0.2, 0) is 10.0 Å². The molecule has 0 atom stereocenters. The summed E-state index contributed by atoms with van der Waals surface area (Å²) in [6.45, 7) is 2.42. The number of carbonyl (C=O) groups is 2. The number of aromatic amines is 1. The number of hydrogen-bond acceptors (Lipinski definition) is 4. The normalized spacial score (nSPS) is 15.5. The van der Waals surface area contributed by atoms with Crippen LogP contribution in [-0.4, -0.2) is 60.5 Å². The number of halogens is 1. The van der Waals surface area contributed by atoms with Crippen LogP contribution in [0.4, 0.5) is 0 Å². The Kier molecular flexibility index (Phi) is 5.40. The number of nitrogens with one attached hydrogen (secondary N) is 1. The summed E-state index contributed by atoms with van der Waals surface area (Å²) >= 11 is 6.00. The van der Waals surface area contributed by atoms with E-state index < -0.39 is 10.0 Å². The highest BCUT2D eigenvalue weighted by Crippen LogP contribution is 2.22. The standard InChI is InChI=1S/C21H20ClN3O4S/c1-14(26)15-2-5-18(6-3-15)30(28,29)25-10-8-24(9-11-25)21(27)20-13-16-12-17(22)4-7-19(16)23-20/h2-7,12-13,23H,8-11H2,1H3. The summed E-state index contributed by atoms with van der Waals surface area (Å²) in [6, 6.07) is 13.0. The van der Waals surface area contributed by atoms with E-state index in [1.165, 1.54) is 35.5 Å². The molecule has 0 radical (unpaired) electrons.